The Morgan fingerprint density at radius 1 is 1.14 bits per heavy atom. The number of rotatable bonds is 7. The van der Waals surface area contributed by atoms with Gasteiger partial charge in [-0.05, 0) is 61.9 Å². The summed E-state index contributed by atoms with van der Waals surface area (Å²) in [6.07, 6.45) is 4.77. The molecule has 2 N–H and O–H groups in total. The van der Waals surface area contributed by atoms with Crippen molar-refractivity contribution in [2.45, 2.75) is 62.1 Å². The van der Waals surface area contributed by atoms with Crippen LogP contribution >= 0.6 is 11.8 Å². The van der Waals surface area contributed by atoms with E-state index < -0.39 is 18.0 Å². The zero-order valence-corrected chi connectivity index (χ0v) is 21.1. The number of nitrogens with zero attached hydrogens (tertiary/aromatic N) is 3. The molecule has 2 aromatic carbocycles. The Morgan fingerprint density at radius 3 is 2.57 bits per heavy atom. The summed E-state index contributed by atoms with van der Waals surface area (Å²) >= 11 is 1.29. The number of thioether (sulfide) groups is 1. The van der Waals surface area contributed by atoms with Crippen LogP contribution in [0.2, 0.25) is 0 Å². The zero-order valence-electron chi connectivity index (χ0n) is 20.3. The maximum absolute atomic E-state index is 14.1. The van der Waals surface area contributed by atoms with Gasteiger partial charge in [-0.1, -0.05) is 48.5 Å². The van der Waals surface area contributed by atoms with Crippen molar-refractivity contribution in [3.05, 3.63) is 82.3 Å². The fourth-order valence-electron chi connectivity index (χ4n) is 4.73. The normalized spacial score (nSPS) is 17.7. The quantitative estimate of drug-likeness (QED) is 0.306. The van der Waals surface area contributed by atoms with E-state index in [1.165, 1.54) is 30.0 Å². The molecule has 1 unspecified atom stereocenters. The van der Waals surface area contributed by atoms with Gasteiger partial charge in [0.2, 0.25) is 11.1 Å². The smallest absolute Gasteiger partial charge is 0.338 e. The molecule has 1 aliphatic carbocycles. The van der Waals surface area contributed by atoms with Crippen molar-refractivity contribution in [2.24, 2.45) is 0 Å². The average molecular weight is 523 g/mol. The van der Waals surface area contributed by atoms with Gasteiger partial charge in [-0.3, -0.25) is 0 Å². The lowest BCUT2D eigenvalue weighted by molar-refractivity contribution is -0.146. The number of anilines is 1. The van der Waals surface area contributed by atoms with Gasteiger partial charge in [0.25, 0.3) is 0 Å². The Kier molecular flexibility index (Phi) is 7.27. The summed E-state index contributed by atoms with van der Waals surface area (Å²) in [5.74, 6) is -0.967. The molecule has 1 fully saturated rings. The molecule has 1 aromatic heterocycles. The number of nitrogens with one attached hydrogen (secondary N) is 1. The van der Waals surface area contributed by atoms with Gasteiger partial charge in [-0.25, -0.2) is 18.7 Å². The van der Waals surface area contributed by atoms with Crippen molar-refractivity contribution < 1.29 is 23.8 Å². The Labute approximate surface area is 217 Å². The summed E-state index contributed by atoms with van der Waals surface area (Å²) in [6.45, 7) is 1.79. The summed E-state index contributed by atoms with van der Waals surface area (Å²) in [7, 11) is 0. The minimum Gasteiger partial charge on any atom is -0.478 e. The molecule has 192 valence electrons. The Balaban J connectivity index is 1.47. The summed E-state index contributed by atoms with van der Waals surface area (Å²) in [5.41, 5.74) is 2.36. The standard InChI is InChI=1S/C27H27FN4O4S/c1-16-22(25(35)36-20-8-3-2-4-9-20)23(17-11-13-18(14-12-17)24(33)34)32-26(29-16)30-27(31-32)37-15-19-7-5-6-10-21(19)28/h5-7,10-14,20,23H,2-4,8-9,15H2,1H3,(H,33,34)(H,29,30,31). The van der Waals surface area contributed by atoms with Gasteiger partial charge >= 0.3 is 11.9 Å². The molecule has 10 heteroatoms. The summed E-state index contributed by atoms with van der Waals surface area (Å²) in [5, 5.41) is 17.6. The number of hydrogen-bond acceptors (Lipinski definition) is 7. The van der Waals surface area contributed by atoms with Crippen LogP contribution < -0.4 is 5.32 Å². The Bertz CT molecular complexity index is 1350. The molecule has 1 atom stereocenters. The molecule has 5 rings (SSSR count). The topological polar surface area (TPSA) is 106 Å². The van der Waals surface area contributed by atoms with Gasteiger partial charge in [0, 0.05) is 11.4 Å². The lowest BCUT2D eigenvalue weighted by atomic mass is 9.94. The number of allylic oxidation sites excluding steroid dienone is 1. The second kappa shape index (κ2) is 10.8. The summed E-state index contributed by atoms with van der Waals surface area (Å²) < 4.78 is 21.6. The van der Waals surface area contributed by atoms with Crippen molar-refractivity contribution in [1.29, 1.82) is 0 Å². The number of carbonyl (C=O) groups excluding carboxylic acids is 1. The molecule has 2 heterocycles. The number of carbonyl (C=O) groups is 2. The molecule has 0 bridgehead atoms. The van der Waals surface area contributed by atoms with Crippen LogP contribution in [0.3, 0.4) is 0 Å². The average Bonchev–Trinajstić information content (AvgIpc) is 3.30. The second-order valence-electron chi connectivity index (χ2n) is 9.20. The van der Waals surface area contributed by atoms with Gasteiger partial charge in [-0.15, -0.1) is 5.10 Å². The third-order valence-electron chi connectivity index (χ3n) is 6.67. The van der Waals surface area contributed by atoms with Crippen LogP contribution in [0.5, 0.6) is 0 Å². The van der Waals surface area contributed by atoms with Crippen LogP contribution in [0.25, 0.3) is 0 Å². The largest absolute Gasteiger partial charge is 0.478 e. The summed E-state index contributed by atoms with van der Waals surface area (Å²) in [6, 6.07) is 12.3. The molecule has 0 amide bonds. The van der Waals surface area contributed by atoms with Crippen molar-refractivity contribution in [2.75, 3.05) is 5.32 Å². The van der Waals surface area contributed by atoms with Crippen molar-refractivity contribution in [3.8, 4) is 0 Å². The highest BCUT2D eigenvalue weighted by Gasteiger charge is 2.36. The third kappa shape index (κ3) is 5.39. The minimum atomic E-state index is -1.03. The van der Waals surface area contributed by atoms with Crippen LogP contribution in [0, 0.1) is 5.82 Å². The highest BCUT2D eigenvalue weighted by molar-refractivity contribution is 7.98. The first-order chi connectivity index (χ1) is 17.9. The van der Waals surface area contributed by atoms with E-state index in [0.717, 1.165) is 32.1 Å². The maximum atomic E-state index is 14.1. The lowest BCUT2D eigenvalue weighted by Gasteiger charge is -2.30. The molecule has 0 saturated heterocycles. The highest BCUT2D eigenvalue weighted by Crippen LogP contribution is 2.38. The number of aromatic carboxylic acids is 1. The maximum Gasteiger partial charge on any atom is 0.338 e. The van der Waals surface area contributed by atoms with Crippen LogP contribution in [-0.4, -0.2) is 37.9 Å². The first-order valence-corrected chi connectivity index (χ1v) is 13.2. The van der Waals surface area contributed by atoms with Gasteiger partial charge in [0.05, 0.1) is 11.1 Å². The predicted octanol–water partition coefficient (Wildman–Crippen LogP) is 5.57. The Hall–Kier alpha value is -3.66. The van der Waals surface area contributed by atoms with Crippen LogP contribution in [0.1, 0.15) is 66.6 Å². The lowest BCUT2D eigenvalue weighted by Crippen LogP contribution is -2.32. The number of aromatic nitrogens is 3. The molecule has 37 heavy (non-hydrogen) atoms. The van der Waals surface area contributed by atoms with Gasteiger partial charge in [0.1, 0.15) is 18.0 Å². The number of hydrogen-bond donors (Lipinski definition) is 2. The molecule has 1 aliphatic heterocycles. The van der Waals surface area contributed by atoms with E-state index in [1.807, 2.05) is 0 Å². The van der Waals surface area contributed by atoms with Crippen LogP contribution in [-0.2, 0) is 15.3 Å². The number of esters is 1. The zero-order chi connectivity index (χ0) is 25.9. The Morgan fingerprint density at radius 2 is 1.86 bits per heavy atom. The molecular weight excluding hydrogens is 495 g/mol. The van der Waals surface area contributed by atoms with Gasteiger partial charge < -0.3 is 15.2 Å². The highest BCUT2D eigenvalue weighted by atomic mass is 32.2. The van der Waals surface area contributed by atoms with E-state index in [0.29, 0.717) is 39.3 Å². The van der Waals surface area contributed by atoms with Crippen molar-refractivity contribution in [1.82, 2.24) is 14.8 Å². The second-order valence-corrected chi connectivity index (χ2v) is 10.1. The number of halogens is 1. The van der Waals surface area contributed by atoms with E-state index in [4.69, 9.17) is 4.74 Å². The molecule has 2 aliphatic rings. The van der Waals surface area contributed by atoms with E-state index in [-0.39, 0.29) is 17.5 Å². The third-order valence-corrected chi connectivity index (χ3v) is 7.55. The van der Waals surface area contributed by atoms with E-state index in [9.17, 15) is 19.1 Å². The molecule has 0 radical (unpaired) electrons. The number of carboxylic acid groups (broad SMARTS) is 1. The molecular formula is C27H27FN4O4S. The van der Waals surface area contributed by atoms with Crippen molar-refractivity contribution in [3.63, 3.8) is 0 Å². The van der Waals surface area contributed by atoms with E-state index in [2.05, 4.69) is 15.4 Å². The van der Waals surface area contributed by atoms with Crippen LogP contribution in [0.4, 0.5) is 10.3 Å². The number of ether oxygens (including phenoxy) is 1. The fraction of sp³-hybridized carbons (Fsp3) is 0.333. The van der Waals surface area contributed by atoms with Crippen LogP contribution in [0.15, 0.2) is 65.0 Å². The first kappa shape index (κ1) is 25.0. The number of fused-ring (bicyclic) bond motifs is 1. The minimum absolute atomic E-state index is 0.124. The SMILES string of the molecule is CC1=C(C(=O)OC2CCCCC2)C(c2ccc(C(=O)O)cc2)n2nc(SCc3ccccc3F)nc2N1. The number of benzene rings is 2. The molecule has 1 saturated carbocycles. The molecule has 3 aromatic rings. The van der Waals surface area contributed by atoms with Crippen molar-refractivity contribution >= 4 is 29.6 Å². The first-order valence-electron chi connectivity index (χ1n) is 12.3. The number of carboxylic acids is 1. The predicted molar refractivity (Wildman–Crippen MR) is 137 cm³/mol. The van der Waals surface area contributed by atoms with E-state index >= 15 is 0 Å². The monoisotopic (exact) mass is 522 g/mol. The molecule has 0 spiro atoms. The molecule has 8 nitrogen and oxygen atoms in total. The van der Waals surface area contributed by atoms with Gasteiger partial charge in [0.15, 0.2) is 0 Å². The van der Waals surface area contributed by atoms with Gasteiger partial charge in [-0.2, -0.15) is 4.98 Å². The summed E-state index contributed by atoms with van der Waals surface area (Å²) in [4.78, 5) is 29.5. The van der Waals surface area contributed by atoms with E-state index in [1.54, 1.807) is 41.9 Å². The fourth-order valence-corrected chi connectivity index (χ4v) is 5.54.